The predicted molar refractivity (Wildman–Crippen MR) is 66.7 cm³/mol. The average Bonchev–Trinajstić information content (AvgIpc) is 2.72. The molecule has 0 unspecified atom stereocenters. The van der Waals surface area contributed by atoms with E-state index in [-0.39, 0.29) is 11.6 Å². The third kappa shape index (κ3) is 2.59. The molecule has 0 aliphatic rings. The molecule has 0 aliphatic carbocycles. The molecule has 3 N–H and O–H groups in total. The summed E-state index contributed by atoms with van der Waals surface area (Å²) >= 11 is 1.51. The van der Waals surface area contributed by atoms with E-state index in [1.807, 2.05) is 6.92 Å². The van der Waals surface area contributed by atoms with Gasteiger partial charge in [-0.1, -0.05) is 0 Å². The Hall–Kier alpha value is -1.95. The van der Waals surface area contributed by atoms with Crippen molar-refractivity contribution in [2.75, 3.05) is 5.73 Å². The van der Waals surface area contributed by atoms with Crippen LogP contribution in [0.1, 0.15) is 21.1 Å². The zero-order valence-electron chi connectivity index (χ0n) is 9.30. The number of hydrogen-bond acceptors (Lipinski definition) is 5. The second kappa shape index (κ2) is 4.92. The van der Waals surface area contributed by atoms with Gasteiger partial charge < -0.3 is 11.1 Å². The number of nitrogens with two attached hydrogens (primary N) is 1. The molecule has 2 heterocycles. The summed E-state index contributed by atoms with van der Waals surface area (Å²) in [4.78, 5) is 20.9. The lowest BCUT2D eigenvalue weighted by Crippen LogP contribution is -2.24. The van der Waals surface area contributed by atoms with E-state index in [2.05, 4.69) is 15.3 Å². The van der Waals surface area contributed by atoms with Gasteiger partial charge in [0.05, 0.1) is 23.4 Å². The lowest BCUT2D eigenvalue weighted by Gasteiger charge is -2.05. The maximum absolute atomic E-state index is 11.8. The molecule has 0 aliphatic heterocycles. The van der Waals surface area contributed by atoms with E-state index >= 15 is 0 Å². The summed E-state index contributed by atoms with van der Waals surface area (Å²) in [6, 6.07) is 3.35. The van der Waals surface area contributed by atoms with E-state index < -0.39 is 0 Å². The minimum absolute atomic E-state index is 0.259. The minimum atomic E-state index is -0.268. The molecule has 17 heavy (non-hydrogen) atoms. The van der Waals surface area contributed by atoms with Crippen LogP contribution in [0, 0.1) is 6.92 Å². The van der Waals surface area contributed by atoms with Crippen molar-refractivity contribution in [1.82, 2.24) is 15.3 Å². The largest absolute Gasteiger partial charge is 0.397 e. The molecule has 1 amide bonds. The number of hydrogen-bond donors (Lipinski definition) is 2. The molecule has 0 saturated carbocycles. The molecular formula is C11H12N4OS. The second-order valence-electron chi connectivity index (χ2n) is 3.48. The number of aryl methyl sites for hydroxylation is 1. The van der Waals surface area contributed by atoms with Gasteiger partial charge in [-0.25, -0.2) is 9.97 Å². The molecule has 0 bridgehead atoms. The van der Waals surface area contributed by atoms with Gasteiger partial charge >= 0.3 is 0 Å². The smallest absolute Gasteiger partial charge is 0.272 e. The molecule has 88 valence electrons. The number of nitrogen functional groups attached to an aromatic ring is 1. The van der Waals surface area contributed by atoms with Crippen molar-refractivity contribution in [3.8, 4) is 0 Å². The van der Waals surface area contributed by atoms with Crippen molar-refractivity contribution in [2.24, 2.45) is 0 Å². The van der Waals surface area contributed by atoms with E-state index in [1.165, 1.54) is 11.3 Å². The maximum Gasteiger partial charge on any atom is 0.272 e. The summed E-state index contributed by atoms with van der Waals surface area (Å²) in [5.74, 6) is -0.268. The highest BCUT2D eigenvalue weighted by molar-refractivity contribution is 7.09. The van der Waals surface area contributed by atoms with Gasteiger partial charge in [-0.05, 0) is 19.1 Å². The summed E-state index contributed by atoms with van der Waals surface area (Å²) in [7, 11) is 0. The van der Waals surface area contributed by atoms with E-state index in [0.717, 1.165) is 10.6 Å². The van der Waals surface area contributed by atoms with Crippen molar-refractivity contribution in [2.45, 2.75) is 13.5 Å². The quantitative estimate of drug-likeness (QED) is 0.859. The first-order valence-electron chi connectivity index (χ1n) is 5.06. The lowest BCUT2D eigenvalue weighted by atomic mass is 10.3. The van der Waals surface area contributed by atoms with Crippen LogP contribution in [0.2, 0.25) is 0 Å². The Morgan fingerprint density at radius 3 is 3.00 bits per heavy atom. The van der Waals surface area contributed by atoms with Crippen LogP contribution in [0.5, 0.6) is 0 Å². The highest BCUT2D eigenvalue weighted by Crippen LogP contribution is 2.12. The fraction of sp³-hybridized carbons (Fsp3) is 0.182. The fourth-order valence-electron chi connectivity index (χ4n) is 1.35. The van der Waals surface area contributed by atoms with Gasteiger partial charge in [-0.2, -0.15) is 0 Å². The maximum atomic E-state index is 11.8. The van der Waals surface area contributed by atoms with Gasteiger partial charge in [0.15, 0.2) is 5.69 Å². The second-order valence-corrected chi connectivity index (χ2v) is 4.42. The number of carbonyl (C=O) groups excluding carboxylic acids is 1. The molecule has 2 aromatic heterocycles. The summed E-state index contributed by atoms with van der Waals surface area (Å²) in [6.07, 6.45) is 1.54. The molecule has 0 radical (unpaired) electrons. The van der Waals surface area contributed by atoms with E-state index in [1.54, 1.807) is 23.8 Å². The SMILES string of the molecule is Cc1ncsc1CNC(=O)c1ncccc1N. The fourth-order valence-corrected chi connectivity index (χ4v) is 2.06. The van der Waals surface area contributed by atoms with Gasteiger partial charge in [0.2, 0.25) is 0 Å². The van der Waals surface area contributed by atoms with E-state index in [0.29, 0.717) is 12.2 Å². The van der Waals surface area contributed by atoms with E-state index in [4.69, 9.17) is 5.73 Å². The van der Waals surface area contributed by atoms with Gasteiger partial charge in [0.1, 0.15) is 0 Å². The molecule has 6 heteroatoms. The van der Waals surface area contributed by atoms with Gasteiger partial charge in [-0.15, -0.1) is 11.3 Å². The third-order valence-electron chi connectivity index (χ3n) is 2.31. The van der Waals surface area contributed by atoms with Gasteiger partial charge in [0, 0.05) is 11.1 Å². The first-order chi connectivity index (χ1) is 8.18. The predicted octanol–water partition coefficient (Wildman–Crippen LogP) is 1.36. The van der Waals surface area contributed by atoms with Crippen LogP contribution in [0.3, 0.4) is 0 Å². The number of thiazole rings is 1. The normalized spacial score (nSPS) is 10.2. The first-order valence-corrected chi connectivity index (χ1v) is 5.94. The number of anilines is 1. The third-order valence-corrected chi connectivity index (χ3v) is 3.24. The monoisotopic (exact) mass is 248 g/mol. The molecule has 5 nitrogen and oxygen atoms in total. The van der Waals surface area contributed by atoms with Crippen LogP contribution in [0.15, 0.2) is 23.8 Å². The van der Waals surface area contributed by atoms with Crippen molar-refractivity contribution >= 4 is 22.9 Å². The Labute approximate surface area is 103 Å². The number of amides is 1. The van der Waals surface area contributed by atoms with Crippen molar-refractivity contribution in [3.05, 3.63) is 40.1 Å². The zero-order chi connectivity index (χ0) is 12.3. The average molecular weight is 248 g/mol. The highest BCUT2D eigenvalue weighted by Gasteiger charge is 2.11. The molecule has 0 spiro atoms. The molecule has 0 atom stereocenters. The number of rotatable bonds is 3. The Balaban J connectivity index is 2.04. The van der Waals surface area contributed by atoms with Crippen LogP contribution in [-0.4, -0.2) is 15.9 Å². The molecule has 0 aromatic carbocycles. The molecule has 2 rings (SSSR count). The zero-order valence-corrected chi connectivity index (χ0v) is 10.1. The molecule has 0 fully saturated rings. The molecule has 2 aromatic rings. The first kappa shape index (κ1) is 11.5. The van der Waals surface area contributed by atoms with Gasteiger partial charge in [0.25, 0.3) is 5.91 Å². The topological polar surface area (TPSA) is 80.9 Å². The van der Waals surface area contributed by atoms with Crippen LogP contribution in [-0.2, 0) is 6.54 Å². The molecular weight excluding hydrogens is 236 g/mol. The Bertz CT molecular complexity index is 538. The van der Waals surface area contributed by atoms with Crippen LogP contribution in [0.25, 0.3) is 0 Å². The number of nitrogens with zero attached hydrogens (tertiary/aromatic N) is 2. The number of aromatic nitrogens is 2. The van der Waals surface area contributed by atoms with Crippen LogP contribution >= 0.6 is 11.3 Å². The summed E-state index contributed by atoms with van der Waals surface area (Å²) in [6.45, 7) is 2.36. The summed E-state index contributed by atoms with van der Waals surface area (Å²) in [5.41, 5.74) is 9.00. The van der Waals surface area contributed by atoms with E-state index in [9.17, 15) is 4.79 Å². The molecule has 0 saturated heterocycles. The number of nitrogens with one attached hydrogen (secondary N) is 1. The Kier molecular flexibility index (Phi) is 3.34. The van der Waals surface area contributed by atoms with Crippen molar-refractivity contribution in [1.29, 1.82) is 0 Å². The Morgan fingerprint density at radius 1 is 1.53 bits per heavy atom. The highest BCUT2D eigenvalue weighted by atomic mass is 32.1. The van der Waals surface area contributed by atoms with Crippen LogP contribution in [0.4, 0.5) is 5.69 Å². The summed E-state index contributed by atoms with van der Waals surface area (Å²) in [5, 5.41) is 2.77. The minimum Gasteiger partial charge on any atom is -0.397 e. The lowest BCUT2D eigenvalue weighted by molar-refractivity contribution is 0.0947. The number of pyridine rings is 1. The van der Waals surface area contributed by atoms with Crippen molar-refractivity contribution < 1.29 is 4.79 Å². The standard InChI is InChI=1S/C11H12N4OS/c1-7-9(17-6-15-7)5-14-11(16)10-8(12)3-2-4-13-10/h2-4,6H,5,12H2,1H3,(H,14,16). The number of carbonyl (C=O) groups is 1. The summed E-state index contributed by atoms with van der Waals surface area (Å²) < 4.78 is 0. The Morgan fingerprint density at radius 2 is 2.35 bits per heavy atom. The van der Waals surface area contributed by atoms with Crippen molar-refractivity contribution in [3.63, 3.8) is 0 Å². The van der Waals surface area contributed by atoms with Crippen LogP contribution < -0.4 is 11.1 Å². The van der Waals surface area contributed by atoms with Gasteiger partial charge in [-0.3, -0.25) is 4.79 Å².